The van der Waals surface area contributed by atoms with Gasteiger partial charge in [0.05, 0.1) is 37.8 Å². The van der Waals surface area contributed by atoms with Gasteiger partial charge >= 0.3 is 12.2 Å². The molecule has 1 aromatic carbocycles. The van der Waals surface area contributed by atoms with Crippen molar-refractivity contribution in [3.63, 3.8) is 0 Å². The number of hydrogen-bond donors (Lipinski definition) is 1. The molecule has 0 spiro atoms. The summed E-state index contributed by atoms with van der Waals surface area (Å²) in [6.45, 7) is 13.0. The summed E-state index contributed by atoms with van der Waals surface area (Å²) in [4.78, 5) is 33.0. The van der Waals surface area contributed by atoms with Crippen LogP contribution < -0.4 is 24.4 Å². The molecule has 2 amide bonds. The van der Waals surface area contributed by atoms with E-state index in [2.05, 4.69) is 10.3 Å². The first-order valence-electron chi connectivity index (χ1n) is 13.0. The number of aromatic nitrogens is 1. The fourth-order valence-corrected chi connectivity index (χ4v) is 4.30. The van der Waals surface area contributed by atoms with E-state index in [-0.39, 0.29) is 18.1 Å². The first-order valence-corrected chi connectivity index (χ1v) is 13.0. The van der Waals surface area contributed by atoms with Gasteiger partial charge in [-0.05, 0) is 59.7 Å². The van der Waals surface area contributed by atoms with Gasteiger partial charge in [-0.3, -0.25) is 5.32 Å². The molecule has 39 heavy (non-hydrogen) atoms. The van der Waals surface area contributed by atoms with Crippen LogP contribution in [-0.2, 0) is 9.47 Å². The molecule has 1 fully saturated rings. The first-order chi connectivity index (χ1) is 18.3. The van der Waals surface area contributed by atoms with Gasteiger partial charge in [0.1, 0.15) is 41.1 Å². The lowest BCUT2D eigenvalue weighted by molar-refractivity contribution is 0.0275. The smallest absolute Gasteiger partial charge is 0.412 e. The van der Waals surface area contributed by atoms with Crippen molar-refractivity contribution in [2.75, 3.05) is 43.6 Å². The van der Waals surface area contributed by atoms with Crippen LogP contribution in [0.4, 0.5) is 26.7 Å². The highest BCUT2D eigenvalue weighted by Crippen LogP contribution is 2.41. The monoisotopic (exact) mass is 542 g/mol. The van der Waals surface area contributed by atoms with Crippen molar-refractivity contribution in [2.45, 2.75) is 65.3 Å². The van der Waals surface area contributed by atoms with Crippen molar-refractivity contribution in [1.29, 1.82) is 0 Å². The number of likely N-dealkylation sites (tertiary alicyclic amines) is 1. The lowest BCUT2D eigenvalue weighted by Crippen LogP contribution is -2.36. The average Bonchev–Trinajstić information content (AvgIpc) is 3.30. The molecular weight excluding hydrogens is 504 g/mol. The zero-order valence-corrected chi connectivity index (χ0v) is 23.7. The summed E-state index contributed by atoms with van der Waals surface area (Å²) in [5.41, 5.74) is 0.733. The minimum Gasteiger partial charge on any atom is -0.490 e. The molecule has 212 valence electrons. The van der Waals surface area contributed by atoms with Crippen molar-refractivity contribution in [2.24, 2.45) is 0 Å². The van der Waals surface area contributed by atoms with Crippen molar-refractivity contribution in [1.82, 2.24) is 9.88 Å². The Kier molecular flexibility index (Phi) is 7.99. The molecule has 2 aliphatic heterocycles. The van der Waals surface area contributed by atoms with E-state index in [1.807, 2.05) is 43.9 Å². The Morgan fingerprint density at radius 2 is 1.79 bits per heavy atom. The lowest BCUT2D eigenvalue weighted by atomic mass is 10.2. The topological polar surface area (TPSA) is 112 Å². The van der Waals surface area contributed by atoms with E-state index in [1.165, 1.54) is 7.11 Å². The van der Waals surface area contributed by atoms with Gasteiger partial charge in [0.15, 0.2) is 0 Å². The lowest BCUT2D eigenvalue weighted by Gasteiger charge is -2.32. The molecule has 1 saturated heterocycles. The van der Waals surface area contributed by atoms with Gasteiger partial charge < -0.3 is 33.5 Å². The number of anilines is 3. The Labute approximate surface area is 229 Å². The van der Waals surface area contributed by atoms with E-state index in [0.29, 0.717) is 49.8 Å². The zero-order chi connectivity index (χ0) is 28.4. The number of nitrogens with one attached hydrogen (secondary N) is 1. The molecule has 0 saturated carbocycles. The van der Waals surface area contributed by atoms with E-state index in [9.17, 15) is 9.59 Å². The average molecular weight is 543 g/mol. The van der Waals surface area contributed by atoms with Crippen LogP contribution in [0, 0.1) is 0 Å². The Hall–Kier alpha value is -3.89. The molecule has 11 heteroatoms. The number of carbonyl (C=O) groups is 2. The summed E-state index contributed by atoms with van der Waals surface area (Å²) >= 11 is 0. The van der Waals surface area contributed by atoms with E-state index < -0.39 is 17.3 Å². The van der Waals surface area contributed by atoms with E-state index in [0.717, 1.165) is 11.4 Å². The number of hydrogen-bond acceptors (Lipinski definition) is 9. The van der Waals surface area contributed by atoms with E-state index in [1.54, 1.807) is 37.9 Å². The maximum Gasteiger partial charge on any atom is 0.412 e. The third-order valence-electron chi connectivity index (χ3n) is 5.87. The van der Waals surface area contributed by atoms with Crippen LogP contribution in [-0.4, -0.2) is 72.7 Å². The molecular formula is C28H38N4O7. The molecule has 1 unspecified atom stereocenters. The molecule has 0 bridgehead atoms. The number of fused-ring (bicyclic) bond motifs is 1. The van der Waals surface area contributed by atoms with Crippen molar-refractivity contribution in [3.05, 3.63) is 30.5 Å². The minimum absolute atomic E-state index is 0.152. The predicted molar refractivity (Wildman–Crippen MR) is 146 cm³/mol. The summed E-state index contributed by atoms with van der Waals surface area (Å²) in [6.07, 6.45) is 1.30. The SMILES string of the molecule is COc1ncc(N2CCOc3ccc(OC4CCN(C(=O)OC(C)(C)C)C4)cc32)cc1NC(=O)OC(C)(C)C. The second kappa shape index (κ2) is 11.1. The number of amides is 2. The van der Waals surface area contributed by atoms with Crippen LogP contribution in [0.25, 0.3) is 0 Å². The van der Waals surface area contributed by atoms with Crippen molar-refractivity contribution in [3.8, 4) is 17.4 Å². The number of benzene rings is 1. The van der Waals surface area contributed by atoms with Crippen LogP contribution in [0.2, 0.25) is 0 Å². The van der Waals surface area contributed by atoms with Crippen LogP contribution in [0.1, 0.15) is 48.0 Å². The number of rotatable bonds is 5. The molecule has 1 N–H and O–H groups in total. The second-order valence-electron chi connectivity index (χ2n) is 11.5. The summed E-state index contributed by atoms with van der Waals surface area (Å²) in [7, 11) is 1.49. The third kappa shape index (κ3) is 7.36. The van der Waals surface area contributed by atoms with Gasteiger partial charge in [0.25, 0.3) is 0 Å². The standard InChI is InChI=1S/C28H38N4O7/c1-27(2,3)38-25(33)30-21-14-18(16-29-24(21)35-7)32-12-13-36-23-9-8-19(15-22(23)32)37-20-10-11-31(17-20)26(34)39-28(4,5)6/h8-9,14-16,20H,10-13,17H2,1-7H3,(H,30,33). The van der Waals surface area contributed by atoms with Gasteiger partial charge in [0.2, 0.25) is 5.88 Å². The summed E-state index contributed by atoms with van der Waals surface area (Å²) < 4.78 is 28.4. The fourth-order valence-electron chi connectivity index (χ4n) is 4.30. The molecule has 11 nitrogen and oxygen atoms in total. The van der Waals surface area contributed by atoms with Crippen molar-refractivity contribution < 1.29 is 33.3 Å². The number of pyridine rings is 1. The van der Waals surface area contributed by atoms with Crippen LogP contribution in [0.3, 0.4) is 0 Å². The maximum atomic E-state index is 12.4. The summed E-state index contributed by atoms with van der Waals surface area (Å²) in [5.74, 6) is 1.63. The van der Waals surface area contributed by atoms with Gasteiger partial charge in [-0.1, -0.05) is 0 Å². The molecule has 4 rings (SSSR count). The van der Waals surface area contributed by atoms with E-state index in [4.69, 9.17) is 23.7 Å². The third-order valence-corrected chi connectivity index (χ3v) is 5.87. The maximum absolute atomic E-state index is 12.4. The minimum atomic E-state index is -0.648. The van der Waals surface area contributed by atoms with Crippen LogP contribution in [0.5, 0.6) is 17.4 Å². The molecule has 1 aromatic heterocycles. The number of carbonyl (C=O) groups excluding carboxylic acids is 2. The molecule has 2 aromatic rings. The zero-order valence-electron chi connectivity index (χ0n) is 23.7. The Morgan fingerprint density at radius 3 is 2.49 bits per heavy atom. The normalized spacial score (nSPS) is 17.2. The highest BCUT2D eigenvalue weighted by molar-refractivity contribution is 5.88. The van der Waals surface area contributed by atoms with Gasteiger partial charge in [-0.15, -0.1) is 0 Å². The predicted octanol–water partition coefficient (Wildman–Crippen LogP) is 5.36. The van der Waals surface area contributed by atoms with Crippen LogP contribution >= 0.6 is 0 Å². The Balaban J connectivity index is 1.51. The van der Waals surface area contributed by atoms with Gasteiger partial charge in [-0.2, -0.15) is 0 Å². The summed E-state index contributed by atoms with van der Waals surface area (Å²) in [6, 6.07) is 7.43. The van der Waals surface area contributed by atoms with Gasteiger partial charge in [0, 0.05) is 19.0 Å². The number of methoxy groups -OCH3 is 1. The second-order valence-corrected chi connectivity index (χ2v) is 11.5. The highest BCUT2D eigenvalue weighted by Gasteiger charge is 2.31. The first kappa shape index (κ1) is 28.1. The number of nitrogens with zero attached hydrogens (tertiary/aromatic N) is 3. The molecule has 1 atom stereocenters. The van der Waals surface area contributed by atoms with Crippen LogP contribution in [0.15, 0.2) is 30.5 Å². The number of ether oxygens (including phenoxy) is 5. The molecule has 2 aliphatic rings. The molecule has 0 aliphatic carbocycles. The highest BCUT2D eigenvalue weighted by atomic mass is 16.6. The molecule has 3 heterocycles. The largest absolute Gasteiger partial charge is 0.490 e. The van der Waals surface area contributed by atoms with Gasteiger partial charge in [-0.25, -0.2) is 14.6 Å². The summed E-state index contributed by atoms with van der Waals surface area (Å²) in [5, 5.41) is 2.73. The molecule has 0 radical (unpaired) electrons. The fraction of sp³-hybridized carbons (Fsp3) is 0.536. The Morgan fingerprint density at radius 1 is 1.05 bits per heavy atom. The van der Waals surface area contributed by atoms with E-state index >= 15 is 0 Å². The Bertz CT molecular complexity index is 1210. The quantitative estimate of drug-likeness (QED) is 0.534. The van der Waals surface area contributed by atoms with Crippen molar-refractivity contribution >= 4 is 29.2 Å².